The Balaban J connectivity index is 2.13. The van der Waals surface area contributed by atoms with Gasteiger partial charge in [-0.1, -0.05) is 18.5 Å². The number of rotatable bonds is 4. The first-order chi connectivity index (χ1) is 7.69. The molecule has 1 atom stereocenters. The second-order valence-electron chi connectivity index (χ2n) is 3.60. The van der Waals surface area contributed by atoms with Crippen LogP contribution in [0.25, 0.3) is 10.6 Å². The van der Waals surface area contributed by atoms with E-state index in [0.29, 0.717) is 0 Å². The number of halogens is 1. The molecule has 2 aromatic rings. The Hall–Kier alpha value is -0.420. The summed E-state index contributed by atoms with van der Waals surface area (Å²) < 4.78 is 0.801. The van der Waals surface area contributed by atoms with Gasteiger partial charge in [0.1, 0.15) is 0 Å². The lowest BCUT2D eigenvalue weighted by molar-refractivity contribution is 0.644. The molecule has 0 aliphatic rings. The summed E-state index contributed by atoms with van der Waals surface area (Å²) in [4.78, 5) is 5.69. The SMILES string of the molecule is CCC(N)Cc1nc(-c2ccc(Cl)s2)cs1. The second-order valence-corrected chi connectivity index (χ2v) is 6.26. The van der Waals surface area contributed by atoms with Gasteiger partial charge in [-0.25, -0.2) is 4.98 Å². The van der Waals surface area contributed by atoms with Crippen LogP contribution < -0.4 is 5.73 Å². The van der Waals surface area contributed by atoms with E-state index in [4.69, 9.17) is 17.3 Å². The van der Waals surface area contributed by atoms with E-state index < -0.39 is 0 Å². The molecule has 2 aromatic heterocycles. The van der Waals surface area contributed by atoms with Gasteiger partial charge in [0.15, 0.2) is 0 Å². The van der Waals surface area contributed by atoms with Crippen molar-refractivity contribution in [3.63, 3.8) is 0 Å². The van der Waals surface area contributed by atoms with Crippen molar-refractivity contribution in [3.05, 3.63) is 26.9 Å². The van der Waals surface area contributed by atoms with E-state index in [1.54, 1.807) is 22.7 Å². The quantitative estimate of drug-likeness (QED) is 0.919. The number of aromatic nitrogens is 1. The van der Waals surface area contributed by atoms with Crippen LogP contribution in [0.3, 0.4) is 0 Å². The summed E-state index contributed by atoms with van der Waals surface area (Å²) in [5, 5.41) is 3.17. The van der Waals surface area contributed by atoms with Crippen molar-refractivity contribution in [3.8, 4) is 10.6 Å². The van der Waals surface area contributed by atoms with Crippen molar-refractivity contribution in [2.45, 2.75) is 25.8 Å². The fourth-order valence-electron chi connectivity index (χ4n) is 1.34. The highest BCUT2D eigenvalue weighted by Crippen LogP contribution is 2.31. The Kier molecular flexibility index (Phi) is 3.97. The molecule has 2 rings (SSSR count). The maximum absolute atomic E-state index is 5.91. The molecule has 0 aliphatic carbocycles. The molecule has 2 heterocycles. The Morgan fingerprint density at radius 2 is 2.31 bits per heavy atom. The molecular weight excluding hydrogens is 260 g/mol. The molecule has 86 valence electrons. The Labute approximate surface area is 108 Å². The van der Waals surface area contributed by atoms with Gasteiger partial charge in [0.05, 0.1) is 19.9 Å². The second kappa shape index (κ2) is 5.27. The van der Waals surface area contributed by atoms with Crippen molar-refractivity contribution in [2.75, 3.05) is 0 Å². The molecule has 16 heavy (non-hydrogen) atoms. The average molecular weight is 273 g/mol. The first kappa shape index (κ1) is 12.0. The molecule has 0 saturated carbocycles. The highest BCUT2D eigenvalue weighted by Gasteiger charge is 2.09. The van der Waals surface area contributed by atoms with Gasteiger partial charge in [0.25, 0.3) is 0 Å². The van der Waals surface area contributed by atoms with Gasteiger partial charge in [0.2, 0.25) is 0 Å². The smallest absolute Gasteiger partial charge is 0.0948 e. The van der Waals surface area contributed by atoms with E-state index in [2.05, 4.69) is 17.3 Å². The largest absolute Gasteiger partial charge is 0.327 e. The lowest BCUT2D eigenvalue weighted by atomic mass is 10.2. The number of nitrogens with two attached hydrogens (primary N) is 1. The minimum Gasteiger partial charge on any atom is -0.327 e. The number of thiazole rings is 1. The van der Waals surface area contributed by atoms with Crippen LogP contribution in [0.4, 0.5) is 0 Å². The van der Waals surface area contributed by atoms with Crippen LogP contribution in [0.1, 0.15) is 18.4 Å². The van der Waals surface area contributed by atoms with Crippen LogP contribution in [0.5, 0.6) is 0 Å². The van der Waals surface area contributed by atoms with E-state index >= 15 is 0 Å². The maximum Gasteiger partial charge on any atom is 0.0948 e. The Morgan fingerprint density at radius 3 is 2.94 bits per heavy atom. The zero-order chi connectivity index (χ0) is 11.5. The van der Waals surface area contributed by atoms with Crippen molar-refractivity contribution in [1.82, 2.24) is 4.98 Å². The third kappa shape index (κ3) is 2.83. The van der Waals surface area contributed by atoms with Crippen LogP contribution in [-0.4, -0.2) is 11.0 Å². The molecule has 0 aromatic carbocycles. The fourth-order valence-corrected chi connectivity index (χ4v) is 3.31. The molecule has 0 saturated heterocycles. The normalized spacial score (nSPS) is 12.9. The molecule has 0 bridgehead atoms. The topological polar surface area (TPSA) is 38.9 Å². The van der Waals surface area contributed by atoms with E-state index in [0.717, 1.165) is 32.8 Å². The number of hydrogen-bond donors (Lipinski definition) is 1. The van der Waals surface area contributed by atoms with Gasteiger partial charge in [-0.2, -0.15) is 0 Å². The van der Waals surface area contributed by atoms with Crippen LogP contribution in [-0.2, 0) is 6.42 Å². The molecule has 5 heteroatoms. The van der Waals surface area contributed by atoms with Crippen molar-refractivity contribution in [2.24, 2.45) is 5.73 Å². The number of thiophene rings is 1. The molecule has 0 aliphatic heterocycles. The fraction of sp³-hybridized carbons (Fsp3) is 0.364. The standard InChI is InChI=1S/C11H13ClN2S2/c1-2-7(13)5-11-14-8(6-15-11)9-3-4-10(12)16-9/h3-4,6-7H,2,5,13H2,1H3. The minimum atomic E-state index is 0.214. The number of hydrogen-bond acceptors (Lipinski definition) is 4. The van der Waals surface area contributed by atoms with Crippen LogP contribution in [0, 0.1) is 0 Å². The summed E-state index contributed by atoms with van der Waals surface area (Å²) in [7, 11) is 0. The Morgan fingerprint density at radius 1 is 1.50 bits per heavy atom. The summed E-state index contributed by atoms with van der Waals surface area (Å²) in [5.41, 5.74) is 6.92. The van der Waals surface area contributed by atoms with E-state index in [1.165, 1.54) is 0 Å². The van der Waals surface area contributed by atoms with E-state index in [1.807, 2.05) is 12.1 Å². The summed E-state index contributed by atoms with van der Waals surface area (Å²) >= 11 is 9.12. The predicted molar refractivity (Wildman–Crippen MR) is 72.4 cm³/mol. The molecule has 2 nitrogen and oxygen atoms in total. The van der Waals surface area contributed by atoms with Gasteiger partial charge < -0.3 is 5.73 Å². The summed E-state index contributed by atoms with van der Waals surface area (Å²) in [6, 6.07) is 4.12. The zero-order valence-electron chi connectivity index (χ0n) is 8.94. The van der Waals surface area contributed by atoms with Crippen molar-refractivity contribution < 1.29 is 0 Å². The van der Waals surface area contributed by atoms with Gasteiger partial charge in [-0.3, -0.25) is 0 Å². The highest BCUT2D eigenvalue weighted by atomic mass is 35.5. The molecule has 0 amide bonds. The van der Waals surface area contributed by atoms with Crippen LogP contribution in [0.2, 0.25) is 4.34 Å². The number of nitrogens with zero attached hydrogens (tertiary/aromatic N) is 1. The molecule has 0 spiro atoms. The van der Waals surface area contributed by atoms with Gasteiger partial charge in [-0.15, -0.1) is 22.7 Å². The zero-order valence-corrected chi connectivity index (χ0v) is 11.3. The first-order valence-corrected chi connectivity index (χ1v) is 7.22. The van der Waals surface area contributed by atoms with E-state index in [9.17, 15) is 0 Å². The monoisotopic (exact) mass is 272 g/mol. The molecule has 2 N–H and O–H groups in total. The predicted octanol–water partition coefficient (Wildman–Crippen LogP) is 3.80. The van der Waals surface area contributed by atoms with E-state index in [-0.39, 0.29) is 6.04 Å². The summed E-state index contributed by atoms with van der Waals surface area (Å²) in [6.45, 7) is 2.10. The minimum absolute atomic E-state index is 0.214. The molecule has 0 radical (unpaired) electrons. The third-order valence-corrected chi connectivity index (χ3v) is 4.46. The van der Waals surface area contributed by atoms with Crippen molar-refractivity contribution in [1.29, 1.82) is 0 Å². The lowest BCUT2D eigenvalue weighted by Gasteiger charge is -2.04. The molecule has 1 unspecified atom stereocenters. The first-order valence-electron chi connectivity index (χ1n) is 5.14. The third-order valence-electron chi connectivity index (χ3n) is 2.34. The highest BCUT2D eigenvalue weighted by molar-refractivity contribution is 7.19. The lowest BCUT2D eigenvalue weighted by Crippen LogP contribution is -2.21. The molecular formula is C11H13ClN2S2. The maximum atomic E-state index is 5.91. The average Bonchev–Trinajstić information content (AvgIpc) is 2.87. The summed E-state index contributed by atoms with van der Waals surface area (Å²) in [6.07, 6.45) is 1.85. The summed E-state index contributed by atoms with van der Waals surface area (Å²) in [5.74, 6) is 0. The van der Waals surface area contributed by atoms with Gasteiger partial charge in [0, 0.05) is 17.8 Å². The van der Waals surface area contributed by atoms with Crippen molar-refractivity contribution >= 4 is 34.3 Å². The Bertz CT molecular complexity index is 464. The molecule has 0 fully saturated rings. The van der Waals surface area contributed by atoms with Gasteiger partial charge in [-0.05, 0) is 18.6 Å². The van der Waals surface area contributed by atoms with Crippen LogP contribution in [0.15, 0.2) is 17.5 Å². The van der Waals surface area contributed by atoms with Gasteiger partial charge >= 0.3 is 0 Å². The van der Waals surface area contributed by atoms with Crippen LogP contribution >= 0.6 is 34.3 Å².